The lowest BCUT2D eigenvalue weighted by molar-refractivity contribution is 0.303. The topological polar surface area (TPSA) is 50.8 Å². The largest absolute Gasteiger partial charge is 0.366 e. The Hall–Kier alpha value is -2.17. The van der Waals surface area contributed by atoms with E-state index in [4.69, 9.17) is 0 Å². The normalized spacial score (nSPS) is 14.9. The zero-order valence-electron chi connectivity index (χ0n) is 12.7. The first-order valence-electron chi connectivity index (χ1n) is 7.40. The van der Waals surface area contributed by atoms with Gasteiger partial charge in [0.15, 0.2) is 0 Å². The number of nitrogens with zero attached hydrogens (tertiary/aromatic N) is 3. The molecule has 1 aromatic rings. The van der Waals surface area contributed by atoms with Crippen molar-refractivity contribution in [3.8, 4) is 12.1 Å². The van der Waals surface area contributed by atoms with E-state index in [9.17, 15) is 10.5 Å². The Morgan fingerprint density at radius 1 is 1.09 bits per heavy atom. The van der Waals surface area contributed by atoms with Gasteiger partial charge in [0.25, 0.3) is 0 Å². The molecule has 112 valence electrons. The zero-order chi connectivity index (χ0) is 15.8. The number of nitriles is 2. The Labute approximate surface area is 136 Å². The number of piperidine rings is 1. The fraction of sp³-hybridized carbons (Fsp3) is 0.333. The molecule has 0 atom stereocenters. The highest BCUT2D eigenvalue weighted by molar-refractivity contribution is 8.02. The van der Waals surface area contributed by atoms with Gasteiger partial charge >= 0.3 is 0 Å². The molecule has 1 aliphatic heterocycles. The molecule has 0 aromatic heterocycles. The summed E-state index contributed by atoms with van der Waals surface area (Å²) < 4.78 is 0. The van der Waals surface area contributed by atoms with Crippen molar-refractivity contribution in [1.29, 1.82) is 10.5 Å². The fourth-order valence-electron chi connectivity index (χ4n) is 2.58. The van der Waals surface area contributed by atoms with Crippen LogP contribution < -0.4 is 0 Å². The summed E-state index contributed by atoms with van der Waals surface area (Å²) in [6.07, 6.45) is 7.72. The molecular weight excluding hydrogens is 290 g/mol. The first-order chi connectivity index (χ1) is 10.8. The molecule has 0 unspecified atom stereocenters. The number of benzene rings is 1. The SMILES string of the molecule is CS/C(=C\C(=C(C#N)C#N)c1ccccc1)N1CCCCC1. The van der Waals surface area contributed by atoms with Gasteiger partial charge in [-0.15, -0.1) is 11.8 Å². The average molecular weight is 309 g/mol. The molecule has 0 N–H and O–H groups in total. The number of hydrogen-bond donors (Lipinski definition) is 0. The van der Waals surface area contributed by atoms with E-state index in [-0.39, 0.29) is 5.57 Å². The highest BCUT2D eigenvalue weighted by Crippen LogP contribution is 2.28. The molecule has 0 aliphatic carbocycles. The summed E-state index contributed by atoms with van der Waals surface area (Å²) in [5.41, 5.74) is 1.78. The van der Waals surface area contributed by atoms with Crippen LogP contribution in [0.2, 0.25) is 0 Å². The monoisotopic (exact) mass is 309 g/mol. The summed E-state index contributed by atoms with van der Waals surface area (Å²) in [6, 6.07) is 13.7. The van der Waals surface area contributed by atoms with Crippen molar-refractivity contribution in [3.63, 3.8) is 0 Å². The third kappa shape index (κ3) is 3.93. The van der Waals surface area contributed by atoms with Crippen LogP contribution in [0, 0.1) is 22.7 Å². The number of hydrogen-bond acceptors (Lipinski definition) is 4. The third-order valence-electron chi connectivity index (χ3n) is 3.72. The van der Waals surface area contributed by atoms with E-state index in [1.165, 1.54) is 19.3 Å². The zero-order valence-corrected chi connectivity index (χ0v) is 13.6. The van der Waals surface area contributed by atoms with E-state index in [2.05, 4.69) is 4.90 Å². The lowest BCUT2D eigenvalue weighted by atomic mass is 10.0. The average Bonchev–Trinajstić information content (AvgIpc) is 2.60. The van der Waals surface area contributed by atoms with Crippen molar-refractivity contribution in [3.05, 3.63) is 52.6 Å². The summed E-state index contributed by atoms with van der Waals surface area (Å²) in [5, 5.41) is 19.7. The number of thioether (sulfide) groups is 1. The van der Waals surface area contributed by atoms with Gasteiger partial charge in [0, 0.05) is 18.7 Å². The predicted octanol–water partition coefficient (Wildman–Crippen LogP) is 4.18. The highest BCUT2D eigenvalue weighted by atomic mass is 32.2. The summed E-state index contributed by atoms with van der Waals surface area (Å²) in [5.74, 6) is 0. The first kappa shape index (κ1) is 16.2. The van der Waals surface area contributed by atoms with Crippen LogP contribution in [0.5, 0.6) is 0 Å². The Bertz CT molecular complexity index is 625. The maximum Gasteiger partial charge on any atom is 0.137 e. The molecule has 0 saturated carbocycles. The van der Waals surface area contributed by atoms with Crippen LogP contribution in [-0.2, 0) is 0 Å². The van der Waals surface area contributed by atoms with Crippen LogP contribution in [0.4, 0.5) is 0 Å². The first-order valence-corrected chi connectivity index (χ1v) is 8.63. The maximum atomic E-state index is 9.27. The molecule has 0 radical (unpaired) electrons. The van der Waals surface area contributed by atoms with Crippen LogP contribution in [-0.4, -0.2) is 24.2 Å². The van der Waals surface area contributed by atoms with E-state index >= 15 is 0 Å². The van der Waals surface area contributed by atoms with Crippen LogP contribution in [0.3, 0.4) is 0 Å². The quantitative estimate of drug-likeness (QED) is 0.618. The molecule has 2 rings (SSSR count). The van der Waals surface area contributed by atoms with Crippen molar-refractivity contribution in [1.82, 2.24) is 4.90 Å². The van der Waals surface area contributed by atoms with E-state index < -0.39 is 0 Å². The molecule has 1 saturated heterocycles. The van der Waals surface area contributed by atoms with Crippen LogP contribution in [0.1, 0.15) is 24.8 Å². The second kappa shape index (κ2) is 8.32. The standard InChI is InChI=1S/C18H19N3S/c1-22-18(21-10-6-3-7-11-21)12-17(16(13-19)14-20)15-8-4-2-5-9-15/h2,4-5,8-9,12H,3,6-7,10-11H2,1H3/b18-12-. The molecular formula is C18H19N3S. The van der Waals surface area contributed by atoms with Gasteiger partial charge in [0.2, 0.25) is 0 Å². The minimum atomic E-state index is 0.162. The van der Waals surface area contributed by atoms with Gasteiger partial charge in [-0.1, -0.05) is 30.3 Å². The predicted molar refractivity (Wildman–Crippen MR) is 91.6 cm³/mol. The Kier molecular flexibility index (Phi) is 6.13. The Balaban J connectivity index is 2.46. The van der Waals surface area contributed by atoms with Gasteiger partial charge in [0.1, 0.15) is 17.7 Å². The lowest BCUT2D eigenvalue weighted by Gasteiger charge is -2.30. The maximum absolute atomic E-state index is 9.27. The summed E-state index contributed by atoms with van der Waals surface area (Å²) >= 11 is 1.67. The number of likely N-dealkylation sites (tertiary alicyclic amines) is 1. The van der Waals surface area contributed by atoms with E-state index in [1.807, 2.05) is 54.8 Å². The van der Waals surface area contributed by atoms with Crippen molar-refractivity contribution >= 4 is 17.3 Å². The Morgan fingerprint density at radius 3 is 2.27 bits per heavy atom. The van der Waals surface area contributed by atoms with Gasteiger partial charge in [-0.25, -0.2) is 0 Å². The third-order valence-corrected chi connectivity index (χ3v) is 4.52. The Morgan fingerprint density at radius 2 is 1.73 bits per heavy atom. The molecule has 1 aliphatic rings. The molecule has 0 amide bonds. The van der Waals surface area contributed by atoms with Crippen molar-refractivity contribution in [2.75, 3.05) is 19.3 Å². The van der Waals surface area contributed by atoms with Crippen LogP contribution >= 0.6 is 11.8 Å². The minimum absolute atomic E-state index is 0.162. The molecule has 1 heterocycles. The van der Waals surface area contributed by atoms with Crippen molar-refractivity contribution < 1.29 is 0 Å². The number of rotatable bonds is 4. The van der Waals surface area contributed by atoms with Gasteiger partial charge in [0.05, 0.1) is 5.03 Å². The molecule has 1 aromatic carbocycles. The molecule has 22 heavy (non-hydrogen) atoms. The minimum Gasteiger partial charge on any atom is -0.366 e. The lowest BCUT2D eigenvalue weighted by Crippen LogP contribution is -2.27. The fourth-order valence-corrected chi connectivity index (χ4v) is 3.26. The van der Waals surface area contributed by atoms with Crippen LogP contribution in [0.15, 0.2) is 47.0 Å². The molecule has 0 spiro atoms. The molecule has 3 nitrogen and oxygen atoms in total. The molecule has 1 fully saturated rings. The summed E-state index contributed by atoms with van der Waals surface area (Å²) in [7, 11) is 0. The van der Waals surface area contributed by atoms with Gasteiger partial charge in [-0.3, -0.25) is 0 Å². The van der Waals surface area contributed by atoms with Crippen molar-refractivity contribution in [2.45, 2.75) is 19.3 Å². The van der Waals surface area contributed by atoms with E-state index in [0.29, 0.717) is 5.57 Å². The van der Waals surface area contributed by atoms with Gasteiger partial charge in [-0.2, -0.15) is 10.5 Å². The second-order valence-electron chi connectivity index (χ2n) is 5.11. The van der Waals surface area contributed by atoms with E-state index in [0.717, 1.165) is 23.7 Å². The summed E-state index contributed by atoms with van der Waals surface area (Å²) in [4.78, 5) is 2.35. The molecule has 0 bridgehead atoms. The van der Waals surface area contributed by atoms with Gasteiger partial charge < -0.3 is 4.90 Å². The molecule has 4 heteroatoms. The van der Waals surface area contributed by atoms with Crippen molar-refractivity contribution in [2.24, 2.45) is 0 Å². The van der Waals surface area contributed by atoms with Crippen LogP contribution in [0.25, 0.3) is 5.57 Å². The number of allylic oxidation sites excluding steroid dienone is 3. The van der Waals surface area contributed by atoms with Gasteiger partial charge in [-0.05, 0) is 37.2 Å². The van der Waals surface area contributed by atoms with E-state index in [1.54, 1.807) is 11.8 Å². The smallest absolute Gasteiger partial charge is 0.137 e. The second-order valence-corrected chi connectivity index (χ2v) is 5.94. The summed E-state index contributed by atoms with van der Waals surface area (Å²) in [6.45, 7) is 2.09. The highest BCUT2D eigenvalue weighted by Gasteiger charge is 2.15.